The van der Waals surface area contributed by atoms with Crippen LogP contribution < -0.4 is 0 Å². The molecule has 26 heavy (non-hydrogen) atoms. The largest absolute Gasteiger partial charge is 0.748 e. The van der Waals surface area contributed by atoms with Crippen molar-refractivity contribution in [2.45, 2.75) is 65.7 Å². The highest BCUT2D eigenvalue weighted by molar-refractivity contribution is 7.97. The van der Waals surface area contributed by atoms with Gasteiger partial charge in [0.1, 0.15) is 17.3 Å². The second-order valence-electron chi connectivity index (χ2n) is 8.53. The number of hydrogen-bond acceptors (Lipinski definition) is 5. The SMILES string of the molecule is CC1(C)C2CCC1(CS(=O)(=O)[O-])C(=O)C2.CCCC(=O)C[S+]1CCCC1. The average molecular weight is 405 g/mol. The van der Waals surface area contributed by atoms with E-state index in [0.717, 1.165) is 25.0 Å². The molecule has 1 aliphatic heterocycles. The van der Waals surface area contributed by atoms with E-state index in [1.54, 1.807) is 0 Å². The first-order valence-electron chi connectivity index (χ1n) is 9.64. The molecular formula is C19H32O5S2. The lowest BCUT2D eigenvalue weighted by Crippen LogP contribution is -2.42. The van der Waals surface area contributed by atoms with Gasteiger partial charge in [0.2, 0.25) is 0 Å². The van der Waals surface area contributed by atoms with Gasteiger partial charge < -0.3 is 4.55 Å². The van der Waals surface area contributed by atoms with Gasteiger partial charge in [0.15, 0.2) is 11.5 Å². The molecule has 2 aliphatic carbocycles. The lowest BCUT2D eigenvalue weighted by Gasteiger charge is -2.37. The summed E-state index contributed by atoms with van der Waals surface area (Å²) < 4.78 is 32.7. The second-order valence-corrected chi connectivity index (χ2v) is 12.3. The highest BCUT2D eigenvalue weighted by Crippen LogP contribution is 2.64. The Morgan fingerprint density at radius 1 is 1.27 bits per heavy atom. The molecule has 0 N–H and O–H groups in total. The van der Waals surface area contributed by atoms with Crippen molar-refractivity contribution in [2.24, 2.45) is 16.7 Å². The van der Waals surface area contributed by atoms with Crippen molar-refractivity contribution >= 4 is 32.6 Å². The Morgan fingerprint density at radius 2 is 1.88 bits per heavy atom. The summed E-state index contributed by atoms with van der Waals surface area (Å²) in [7, 11) is -3.83. The molecule has 0 amide bonds. The summed E-state index contributed by atoms with van der Waals surface area (Å²) in [5.41, 5.74) is -1.22. The highest BCUT2D eigenvalue weighted by Gasteiger charge is 2.64. The van der Waals surface area contributed by atoms with Crippen LogP contribution in [0, 0.1) is 16.7 Å². The summed E-state index contributed by atoms with van der Waals surface area (Å²) in [4.78, 5) is 23.1. The van der Waals surface area contributed by atoms with Gasteiger partial charge in [-0.25, -0.2) is 8.42 Å². The minimum absolute atomic E-state index is 0.0248. The van der Waals surface area contributed by atoms with Gasteiger partial charge in [0.25, 0.3) is 0 Å². The lowest BCUT2D eigenvalue weighted by atomic mass is 9.70. The zero-order valence-electron chi connectivity index (χ0n) is 16.2. The van der Waals surface area contributed by atoms with E-state index in [1.807, 2.05) is 13.8 Å². The number of ketones is 2. The molecule has 1 saturated heterocycles. The van der Waals surface area contributed by atoms with Crippen molar-refractivity contribution in [2.75, 3.05) is 23.0 Å². The van der Waals surface area contributed by atoms with Gasteiger partial charge in [-0.2, -0.15) is 0 Å². The van der Waals surface area contributed by atoms with Gasteiger partial charge in [-0.05, 0) is 54.3 Å². The Labute approximate surface area is 160 Å². The molecule has 0 spiro atoms. The van der Waals surface area contributed by atoms with E-state index in [4.69, 9.17) is 0 Å². The summed E-state index contributed by atoms with van der Waals surface area (Å²) in [5, 5.41) is 0. The van der Waals surface area contributed by atoms with Gasteiger partial charge in [-0.1, -0.05) is 20.8 Å². The molecule has 3 rings (SSSR count). The molecule has 0 aromatic rings. The van der Waals surface area contributed by atoms with Crippen LogP contribution in [0.3, 0.4) is 0 Å². The highest BCUT2D eigenvalue weighted by atomic mass is 32.2. The number of rotatable bonds is 6. The fourth-order valence-electron chi connectivity index (χ4n) is 4.85. The van der Waals surface area contributed by atoms with E-state index in [-0.39, 0.29) is 17.1 Å². The fraction of sp³-hybridized carbons (Fsp3) is 0.895. The normalized spacial score (nSPS) is 30.3. The quantitative estimate of drug-likeness (QED) is 0.501. The molecule has 150 valence electrons. The van der Waals surface area contributed by atoms with Crippen LogP contribution in [0.25, 0.3) is 0 Å². The third-order valence-corrected chi connectivity index (χ3v) is 9.88. The van der Waals surface area contributed by atoms with Crippen molar-refractivity contribution in [3.8, 4) is 0 Å². The van der Waals surface area contributed by atoms with E-state index in [1.165, 1.54) is 24.3 Å². The number of carbonyl (C=O) groups is 2. The maximum absolute atomic E-state index is 11.8. The molecule has 2 unspecified atom stereocenters. The van der Waals surface area contributed by atoms with E-state index in [9.17, 15) is 22.6 Å². The Bertz CT molecular complexity index is 634. The third kappa shape index (κ3) is 4.71. The summed E-state index contributed by atoms with van der Waals surface area (Å²) in [6, 6.07) is 0. The molecule has 3 aliphatic rings. The predicted octanol–water partition coefficient (Wildman–Crippen LogP) is 2.69. The third-order valence-electron chi connectivity index (χ3n) is 6.57. The first-order chi connectivity index (χ1) is 12.0. The standard InChI is InChI=1S/C10H16O4S.C9H17OS/c1-9(2)7-3-4-10(9,8(11)5-7)6-15(12,13)14;1-2-5-9(10)8-11-6-3-4-7-11/h7H,3-6H2,1-2H3,(H,12,13,14);2-8H2,1H3/q;+1/p-1. The smallest absolute Gasteiger partial charge is 0.181 e. The average Bonchev–Trinajstić information content (AvgIpc) is 3.13. The summed E-state index contributed by atoms with van der Waals surface area (Å²) in [6.45, 7) is 5.91. The molecule has 5 nitrogen and oxygen atoms in total. The van der Waals surface area contributed by atoms with Crippen molar-refractivity contribution in [3.05, 3.63) is 0 Å². The molecule has 0 radical (unpaired) electrons. The van der Waals surface area contributed by atoms with Crippen LogP contribution in [0.4, 0.5) is 0 Å². The predicted molar refractivity (Wildman–Crippen MR) is 104 cm³/mol. The first-order valence-corrected chi connectivity index (χ1v) is 13.0. The van der Waals surface area contributed by atoms with Gasteiger partial charge in [0.05, 0.1) is 15.9 Å². The van der Waals surface area contributed by atoms with Gasteiger partial charge in [-0.3, -0.25) is 9.59 Å². The topological polar surface area (TPSA) is 91.3 Å². The van der Waals surface area contributed by atoms with Gasteiger partial charge in [-0.15, -0.1) is 0 Å². The van der Waals surface area contributed by atoms with Crippen LogP contribution in [-0.2, 0) is 30.6 Å². The zero-order chi connectivity index (χ0) is 19.6. The Kier molecular flexibility index (Phi) is 7.00. The Morgan fingerprint density at radius 3 is 2.31 bits per heavy atom. The fourth-order valence-corrected chi connectivity index (χ4v) is 8.45. The first kappa shape index (κ1) is 21.9. The molecule has 2 atom stereocenters. The zero-order valence-corrected chi connectivity index (χ0v) is 17.8. The molecule has 3 fully saturated rings. The number of hydrogen-bond donors (Lipinski definition) is 0. The van der Waals surface area contributed by atoms with Crippen LogP contribution in [0.5, 0.6) is 0 Å². The van der Waals surface area contributed by atoms with Crippen molar-refractivity contribution in [3.63, 3.8) is 0 Å². The maximum Gasteiger partial charge on any atom is 0.181 e. The molecule has 7 heteroatoms. The van der Waals surface area contributed by atoms with Crippen LogP contribution in [0.15, 0.2) is 0 Å². The van der Waals surface area contributed by atoms with Crippen LogP contribution in [-0.4, -0.2) is 47.5 Å². The minimum atomic E-state index is -4.33. The molecule has 2 saturated carbocycles. The second kappa shape index (κ2) is 8.31. The number of carbonyl (C=O) groups excluding carboxylic acids is 2. The Hall–Kier alpha value is -0.400. The van der Waals surface area contributed by atoms with E-state index < -0.39 is 21.3 Å². The van der Waals surface area contributed by atoms with Crippen LogP contribution >= 0.6 is 0 Å². The summed E-state index contributed by atoms with van der Waals surface area (Å²) in [6.07, 6.45) is 6.44. The monoisotopic (exact) mass is 404 g/mol. The number of Topliss-reactive ketones (excluding diaryl/α,β-unsaturated/α-hetero) is 2. The van der Waals surface area contributed by atoms with Crippen LogP contribution in [0.1, 0.15) is 65.7 Å². The maximum atomic E-state index is 11.8. The van der Waals surface area contributed by atoms with Gasteiger partial charge >= 0.3 is 0 Å². The molecule has 0 aromatic heterocycles. The minimum Gasteiger partial charge on any atom is -0.748 e. The van der Waals surface area contributed by atoms with Crippen molar-refractivity contribution < 1.29 is 22.6 Å². The molecule has 1 heterocycles. The molecule has 2 bridgehead atoms. The van der Waals surface area contributed by atoms with E-state index in [0.29, 0.717) is 29.5 Å². The van der Waals surface area contributed by atoms with E-state index in [2.05, 4.69) is 6.92 Å². The van der Waals surface area contributed by atoms with Gasteiger partial charge in [0, 0.05) is 18.3 Å². The molecule has 0 aromatic carbocycles. The molecular weight excluding hydrogens is 372 g/mol. The summed E-state index contributed by atoms with van der Waals surface area (Å²) >= 11 is 0. The van der Waals surface area contributed by atoms with E-state index >= 15 is 0 Å². The van der Waals surface area contributed by atoms with Crippen LogP contribution in [0.2, 0.25) is 0 Å². The van der Waals surface area contributed by atoms with Crippen molar-refractivity contribution in [1.29, 1.82) is 0 Å². The number of fused-ring (bicyclic) bond motifs is 2. The lowest BCUT2D eigenvalue weighted by molar-refractivity contribution is -0.128. The summed E-state index contributed by atoms with van der Waals surface area (Å²) in [5.74, 6) is 3.77. The van der Waals surface area contributed by atoms with Crippen molar-refractivity contribution in [1.82, 2.24) is 0 Å². The Balaban J connectivity index is 0.000000197.